The SMILES string of the molecule is CCCCC[C@H]1CN2CCNC[C@@H]2c2ccccc21. The highest BCUT2D eigenvalue weighted by Crippen LogP contribution is 2.38. The molecule has 0 radical (unpaired) electrons. The summed E-state index contributed by atoms with van der Waals surface area (Å²) < 4.78 is 0. The van der Waals surface area contributed by atoms with E-state index in [4.69, 9.17) is 0 Å². The third-order valence-corrected chi connectivity index (χ3v) is 4.76. The van der Waals surface area contributed by atoms with Crippen LogP contribution < -0.4 is 5.32 Å². The van der Waals surface area contributed by atoms with E-state index < -0.39 is 0 Å². The summed E-state index contributed by atoms with van der Waals surface area (Å²) in [6, 6.07) is 9.77. The summed E-state index contributed by atoms with van der Waals surface area (Å²) in [6.45, 7) is 7.05. The Kier molecular flexibility index (Phi) is 4.19. The number of hydrogen-bond donors (Lipinski definition) is 1. The van der Waals surface area contributed by atoms with Gasteiger partial charge in [-0.1, -0.05) is 50.5 Å². The molecule has 2 aliphatic heterocycles. The van der Waals surface area contributed by atoms with Gasteiger partial charge in [0.05, 0.1) is 0 Å². The zero-order valence-corrected chi connectivity index (χ0v) is 12.1. The molecule has 1 N–H and O–H groups in total. The Morgan fingerprint density at radius 1 is 1.21 bits per heavy atom. The molecule has 1 saturated heterocycles. The second-order valence-electron chi connectivity index (χ2n) is 6.04. The molecule has 0 bridgehead atoms. The second-order valence-corrected chi connectivity index (χ2v) is 6.04. The molecule has 2 aliphatic rings. The molecule has 0 spiro atoms. The van der Waals surface area contributed by atoms with E-state index in [9.17, 15) is 0 Å². The van der Waals surface area contributed by atoms with Crippen molar-refractivity contribution >= 4 is 0 Å². The van der Waals surface area contributed by atoms with Gasteiger partial charge in [-0.2, -0.15) is 0 Å². The molecule has 0 aliphatic carbocycles. The van der Waals surface area contributed by atoms with E-state index in [2.05, 4.69) is 41.4 Å². The van der Waals surface area contributed by atoms with Gasteiger partial charge in [0.2, 0.25) is 0 Å². The summed E-state index contributed by atoms with van der Waals surface area (Å²) in [4.78, 5) is 2.70. The average molecular weight is 258 g/mol. The molecule has 1 aromatic carbocycles. The maximum absolute atomic E-state index is 3.55. The van der Waals surface area contributed by atoms with Crippen LogP contribution in [0.25, 0.3) is 0 Å². The van der Waals surface area contributed by atoms with Crippen LogP contribution in [0.3, 0.4) is 0 Å². The summed E-state index contributed by atoms with van der Waals surface area (Å²) >= 11 is 0. The van der Waals surface area contributed by atoms with Gasteiger partial charge in [-0.05, 0) is 23.5 Å². The second kappa shape index (κ2) is 6.06. The van der Waals surface area contributed by atoms with Gasteiger partial charge in [-0.3, -0.25) is 4.90 Å². The Hall–Kier alpha value is -0.860. The van der Waals surface area contributed by atoms with Gasteiger partial charge in [0.1, 0.15) is 0 Å². The minimum absolute atomic E-state index is 0.618. The molecule has 2 heterocycles. The number of benzene rings is 1. The predicted octanol–water partition coefficient (Wildman–Crippen LogP) is 3.31. The first-order chi connectivity index (χ1) is 9.40. The molecule has 1 aromatic rings. The number of rotatable bonds is 4. The summed E-state index contributed by atoms with van der Waals surface area (Å²) in [7, 11) is 0. The van der Waals surface area contributed by atoms with Crippen molar-refractivity contribution in [2.24, 2.45) is 0 Å². The molecule has 1 fully saturated rings. The number of nitrogens with zero attached hydrogens (tertiary/aromatic N) is 1. The molecule has 0 saturated carbocycles. The molecule has 0 aromatic heterocycles. The average Bonchev–Trinajstić information content (AvgIpc) is 2.47. The molecule has 19 heavy (non-hydrogen) atoms. The fourth-order valence-electron chi connectivity index (χ4n) is 3.73. The summed E-state index contributed by atoms with van der Waals surface area (Å²) in [5, 5.41) is 3.55. The van der Waals surface area contributed by atoms with Crippen LogP contribution >= 0.6 is 0 Å². The van der Waals surface area contributed by atoms with Gasteiger partial charge in [-0.25, -0.2) is 0 Å². The number of nitrogens with one attached hydrogen (secondary N) is 1. The van der Waals surface area contributed by atoms with Crippen LogP contribution in [-0.4, -0.2) is 31.1 Å². The van der Waals surface area contributed by atoms with Crippen LogP contribution in [0.5, 0.6) is 0 Å². The Balaban J connectivity index is 1.81. The van der Waals surface area contributed by atoms with E-state index in [1.807, 2.05) is 0 Å². The van der Waals surface area contributed by atoms with Crippen molar-refractivity contribution in [1.82, 2.24) is 10.2 Å². The molecule has 104 valence electrons. The molecule has 3 rings (SSSR count). The Bertz CT molecular complexity index is 415. The number of piperazine rings is 1. The van der Waals surface area contributed by atoms with Gasteiger partial charge in [0.25, 0.3) is 0 Å². The number of fused-ring (bicyclic) bond motifs is 3. The molecule has 2 heteroatoms. The largest absolute Gasteiger partial charge is 0.314 e. The lowest BCUT2D eigenvalue weighted by molar-refractivity contribution is 0.133. The fourth-order valence-corrected chi connectivity index (χ4v) is 3.73. The van der Waals surface area contributed by atoms with Crippen molar-refractivity contribution in [3.05, 3.63) is 35.4 Å². The van der Waals surface area contributed by atoms with Gasteiger partial charge in [0, 0.05) is 32.2 Å². The topological polar surface area (TPSA) is 15.3 Å². The van der Waals surface area contributed by atoms with Gasteiger partial charge < -0.3 is 5.32 Å². The van der Waals surface area contributed by atoms with Crippen molar-refractivity contribution in [2.45, 2.75) is 44.6 Å². The van der Waals surface area contributed by atoms with Crippen LogP contribution in [0.2, 0.25) is 0 Å². The lowest BCUT2D eigenvalue weighted by Crippen LogP contribution is -2.49. The van der Waals surface area contributed by atoms with Crippen molar-refractivity contribution in [3.8, 4) is 0 Å². The quantitative estimate of drug-likeness (QED) is 0.834. The zero-order chi connectivity index (χ0) is 13.1. The maximum atomic E-state index is 3.55. The van der Waals surface area contributed by atoms with E-state index in [1.54, 1.807) is 11.1 Å². The van der Waals surface area contributed by atoms with Crippen LogP contribution in [0.4, 0.5) is 0 Å². The fraction of sp³-hybridized carbons (Fsp3) is 0.647. The van der Waals surface area contributed by atoms with Gasteiger partial charge >= 0.3 is 0 Å². The summed E-state index contributed by atoms with van der Waals surface area (Å²) in [5.74, 6) is 0.761. The Labute approximate surface area is 117 Å². The third kappa shape index (κ3) is 2.70. The smallest absolute Gasteiger partial charge is 0.0476 e. The zero-order valence-electron chi connectivity index (χ0n) is 12.1. The summed E-state index contributed by atoms with van der Waals surface area (Å²) in [6.07, 6.45) is 5.45. The van der Waals surface area contributed by atoms with E-state index in [-0.39, 0.29) is 0 Å². The number of hydrogen-bond acceptors (Lipinski definition) is 2. The normalized spacial score (nSPS) is 26.8. The maximum Gasteiger partial charge on any atom is 0.0476 e. The molecular formula is C17H26N2. The summed E-state index contributed by atoms with van der Waals surface area (Å²) in [5.41, 5.74) is 3.21. The van der Waals surface area contributed by atoms with Crippen molar-refractivity contribution in [1.29, 1.82) is 0 Å². The highest BCUT2D eigenvalue weighted by Gasteiger charge is 2.33. The van der Waals surface area contributed by atoms with E-state index in [0.717, 1.165) is 19.0 Å². The third-order valence-electron chi connectivity index (χ3n) is 4.76. The molecule has 0 unspecified atom stereocenters. The minimum atomic E-state index is 0.618. The lowest BCUT2D eigenvalue weighted by atomic mass is 9.82. The van der Waals surface area contributed by atoms with Gasteiger partial charge in [-0.15, -0.1) is 0 Å². The van der Waals surface area contributed by atoms with Gasteiger partial charge in [0.15, 0.2) is 0 Å². The number of unbranched alkanes of at least 4 members (excludes halogenated alkanes) is 2. The highest BCUT2D eigenvalue weighted by atomic mass is 15.2. The van der Waals surface area contributed by atoms with Crippen LogP contribution in [0.1, 0.15) is 55.7 Å². The monoisotopic (exact) mass is 258 g/mol. The Morgan fingerprint density at radius 2 is 2.05 bits per heavy atom. The van der Waals surface area contributed by atoms with E-state index in [1.165, 1.54) is 38.8 Å². The van der Waals surface area contributed by atoms with Crippen LogP contribution in [0, 0.1) is 0 Å². The lowest BCUT2D eigenvalue weighted by Gasteiger charge is -2.44. The Morgan fingerprint density at radius 3 is 2.89 bits per heavy atom. The van der Waals surface area contributed by atoms with Crippen LogP contribution in [0.15, 0.2) is 24.3 Å². The molecule has 2 atom stereocenters. The minimum Gasteiger partial charge on any atom is -0.314 e. The van der Waals surface area contributed by atoms with Crippen molar-refractivity contribution in [2.75, 3.05) is 26.2 Å². The molecule has 2 nitrogen and oxygen atoms in total. The first-order valence-electron chi connectivity index (χ1n) is 7.93. The standard InChI is InChI=1S/C17H26N2/c1-2-3-4-7-14-13-19-11-10-18-12-17(19)16-9-6-5-8-15(14)16/h5-6,8-9,14,17-18H,2-4,7,10-13H2,1H3/t14-,17+/m0/s1. The predicted molar refractivity (Wildman–Crippen MR) is 80.5 cm³/mol. The van der Waals surface area contributed by atoms with Crippen LogP contribution in [-0.2, 0) is 0 Å². The first-order valence-corrected chi connectivity index (χ1v) is 7.93. The van der Waals surface area contributed by atoms with E-state index >= 15 is 0 Å². The first kappa shape index (κ1) is 13.1. The van der Waals surface area contributed by atoms with Crippen molar-refractivity contribution < 1.29 is 0 Å². The van der Waals surface area contributed by atoms with E-state index in [0.29, 0.717) is 6.04 Å². The highest BCUT2D eigenvalue weighted by molar-refractivity contribution is 5.36. The molecule has 0 amide bonds. The molecular weight excluding hydrogens is 232 g/mol. The van der Waals surface area contributed by atoms with Crippen molar-refractivity contribution in [3.63, 3.8) is 0 Å².